The lowest BCUT2D eigenvalue weighted by atomic mass is 10.2. The van der Waals surface area contributed by atoms with Gasteiger partial charge in [-0.1, -0.05) is 49.5 Å². The average Bonchev–Trinajstić information content (AvgIpc) is 2.56. The lowest BCUT2D eigenvalue weighted by Crippen LogP contribution is -2.36. The van der Waals surface area contributed by atoms with E-state index in [4.69, 9.17) is 0 Å². The maximum absolute atomic E-state index is 12.6. The zero-order valence-electron chi connectivity index (χ0n) is 15.1. The van der Waals surface area contributed by atoms with E-state index in [-0.39, 0.29) is 0 Å². The number of benzene rings is 1. The summed E-state index contributed by atoms with van der Waals surface area (Å²) in [5.41, 5.74) is 0.839. The molecule has 4 nitrogen and oxygen atoms in total. The second-order valence-corrected chi connectivity index (χ2v) is 8.70. The van der Waals surface area contributed by atoms with Crippen molar-refractivity contribution in [3.63, 3.8) is 0 Å². The Labute approximate surface area is 156 Å². The van der Waals surface area contributed by atoms with Gasteiger partial charge in [0.05, 0.1) is 4.90 Å². The van der Waals surface area contributed by atoms with Gasteiger partial charge >= 0.3 is 0 Å². The third-order valence-electron chi connectivity index (χ3n) is 4.07. The first-order valence-electron chi connectivity index (χ1n) is 8.95. The minimum Gasteiger partial charge on any atom is -0.302 e. The van der Waals surface area contributed by atoms with Crippen LogP contribution in [0.3, 0.4) is 0 Å². The number of nitrogens with one attached hydrogen (secondary N) is 1. The average molecular weight is 419 g/mol. The van der Waals surface area contributed by atoms with Crippen LogP contribution in [0.1, 0.15) is 52.0 Å². The van der Waals surface area contributed by atoms with Crippen LogP contribution in [0.2, 0.25) is 0 Å². The molecule has 0 heterocycles. The molecule has 0 aliphatic rings. The SMILES string of the molecule is CCCCN(CCCC)CCNS(=O)(=O)c1ccc(Br)cc1CC. The first-order valence-corrected chi connectivity index (χ1v) is 11.2. The van der Waals surface area contributed by atoms with Crippen LogP contribution >= 0.6 is 15.9 Å². The normalized spacial score (nSPS) is 12.0. The summed E-state index contributed by atoms with van der Waals surface area (Å²) >= 11 is 3.40. The van der Waals surface area contributed by atoms with Gasteiger partial charge in [0.15, 0.2) is 0 Å². The molecule has 0 saturated heterocycles. The summed E-state index contributed by atoms with van der Waals surface area (Å²) in [5.74, 6) is 0. The van der Waals surface area contributed by atoms with Gasteiger partial charge in [0.1, 0.15) is 0 Å². The summed E-state index contributed by atoms with van der Waals surface area (Å²) in [4.78, 5) is 2.75. The summed E-state index contributed by atoms with van der Waals surface area (Å²) in [6.45, 7) is 9.62. The van der Waals surface area contributed by atoms with Crippen LogP contribution in [0.5, 0.6) is 0 Å². The van der Waals surface area contributed by atoms with E-state index < -0.39 is 10.0 Å². The molecule has 0 aliphatic heterocycles. The Morgan fingerprint density at radius 1 is 1.04 bits per heavy atom. The molecule has 0 saturated carbocycles. The maximum Gasteiger partial charge on any atom is 0.240 e. The van der Waals surface area contributed by atoms with Crippen molar-refractivity contribution in [2.45, 2.75) is 57.8 Å². The fourth-order valence-corrected chi connectivity index (χ4v) is 4.32. The Kier molecular flexibility index (Phi) is 10.1. The summed E-state index contributed by atoms with van der Waals surface area (Å²) in [6, 6.07) is 5.34. The molecular formula is C18H31BrN2O2S. The van der Waals surface area contributed by atoms with E-state index in [9.17, 15) is 8.42 Å². The van der Waals surface area contributed by atoms with Crippen LogP contribution in [-0.4, -0.2) is 39.5 Å². The van der Waals surface area contributed by atoms with Crippen LogP contribution in [0.25, 0.3) is 0 Å². The Morgan fingerprint density at radius 2 is 1.67 bits per heavy atom. The predicted molar refractivity (Wildman–Crippen MR) is 105 cm³/mol. The molecule has 0 amide bonds. The Balaban J connectivity index is 2.66. The van der Waals surface area contributed by atoms with Crippen LogP contribution < -0.4 is 4.72 Å². The third kappa shape index (κ3) is 7.21. The zero-order chi connectivity index (χ0) is 18.0. The molecule has 1 rings (SSSR count). The van der Waals surface area contributed by atoms with E-state index in [2.05, 4.69) is 39.4 Å². The lowest BCUT2D eigenvalue weighted by Gasteiger charge is -2.22. The van der Waals surface area contributed by atoms with E-state index in [1.807, 2.05) is 13.0 Å². The second kappa shape index (κ2) is 11.2. The molecule has 0 aromatic heterocycles. The minimum atomic E-state index is -3.45. The summed E-state index contributed by atoms with van der Waals surface area (Å²) in [7, 11) is -3.45. The molecule has 1 aromatic carbocycles. The Bertz CT molecular complexity index is 583. The van der Waals surface area contributed by atoms with Crippen molar-refractivity contribution in [3.05, 3.63) is 28.2 Å². The molecule has 138 valence electrons. The highest BCUT2D eigenvalue weighted by Gasteiger charge is 2.18. The summed E-state index contributed by atoms with van der Waals surface area (Å²) in [5, 5.41) is 0. The fourth-order valence-electron chi connectivity index (χ4n) is 2.60. The maximum atomic E-state index is 12.6. The number of halogens is 1. The van der Waals surface area contributed by atoms with Crippen molar-refractivity contribution in [1.82, 2.24) is 9.62 Å². The molecule has 6 heteroatoms. The Hall–Kier alpha value is -0.430. The first-order chi connectivity index (χ1) is 11.4. The third-order valence-corrected chi connectivity index (χ3v) is 6.12. The highest BCUT2D eigenvalue weighted by atomic mass is 79.9. The highest BCUT2D eigenvalue weighted by molar-refractivity contribution is 9.10. The molecule has 0 radical (unpaired) electrons. The first kappa shape index (κ1) is 21.6. The van der Waals surface area contributed by atoms with Gasteiger partial charge < -0.3 is 4.90 Å². The number of hydrogen-bond acceptors (Lipinski definition) is 3. The van der Waals surface area contributed by atoms with Crippen molar-refractivity contribution < 1.29 is 8.42 Å². The molecule has 0 spiro atoms. The molecule has 1 N–H and O–H groups in total. The molecule has 0 aliphatic carbocycles. The second-order valence-electron chi connectivity index (χ2n) is 6.05. The summed E-state index contributed by atoms with van der Waals surface area (Å²) < 4.78 is 28.8. The zero-order valence-corrected chi connectivity index (χ0v) is 17.5. The molecule has 1 aromatic rings. The largest absolute Gasteiger partial charge is 0.302 e. The number of sulfonamides is 1. The van der Waals surface area contributed by atoms with Gasteiger partial charge in [0, 0.05) is 17.6 Å². The van der Waals surface area contributed by atoms with Crippen LogP contribution in [0.15, 0.2) is 27.6 Å². The Morgan fingerprint density at radius 3 is 2.21 bits per heavy atom. The van der Waals surface area contributed by atoms with Gasteiger partial charge in [-0.2, -0.15) is 0 Å². The molecule has 24 heavy (non-hydrogen) atoms. The van der Waals surface area contributed by atoms with Gasteiger partial charge in [-0.3, -0.25) is 0 Å². The van der Waals surface area contributed by atoms with E-state index in [1.165, 1.54) is 0 Å². The van der Waals surface area contributed by atoms with Gasteiger partial charge in [-0.05, 0) is 56.1 Å². The van der Waals surface area contributed by atoms with Gasteiger partial charge in [0.2, 0.25) is 10.0 Å². The van der Waals surface area contributed by atoms with E-state index in [0.717, 1.165) is 55.4 Å². The number of rotatable bonds is 12. The lowest BCUT2D eigenvalue weighted by molar-refractivity contribution is 0.269. The van der Waals surface area contributed by atoms with Crippen molar-refractivity contribution in [1.29, 1.82) is 0 Å². The number of unbranched alkanes of at least 4 members (excludes halogenated alkanes) is 2. The highest BCUT2D eigenvalue weighted by Crippen LogP contribution is 2.21. The number of hydrogen-bond donors (Lipinski definition) is 1. The minimum absolute atomic E-state index is 0.391. The van der Waals surface area contributed by atoms with Crippen LogP contribution in [0.4, 0.5) is 0 Å². The van der Waals surface area contributed by atoms with E-state index in [1.54, 1.807) is 12.1 Å². The van der Waals surface area contributed by atoms with Crippen LogP contribution in [0, 0.1) is 0 Å². The monoisotopic (exact) mass is 418 g/mol. The van der Waals surface area contributed by atoms with Crippen molar-refractivity contribution in [2.24, 2.45) is 0 Å². The van der Waals surface area contributed by atoms with Crippen molar-refractivity contribution in [3.8, 4) is 0 Å². The predicted octanol–water partition coefficient (Wildman–Crippen LogP) is 4.19. The number of aryl methyl sites for hydroxylation is 1. The standard InChI is InChI=1S/C18H31BrN2O2S/c1-4-7-12-21(13-8-5-2)14-11-20-24(22,23)18-10-9-17(19)15-16(18)6-3/h9-10,15,20H,4-8,11-14H2,1-3H3. The fraction of sp³-hybridized carbons (Fsp3) is 0.667. The van der Waals surface area contributed by atoms with Crippen molar-refractivity contribution >= 4 is 26.0 Å². The van der Waals surface area contributed by atoms with Gasteiger partial charge in [0.25, 0.3) is 0 Å². The van der Waals surface area contributed by atoms with Crippen molar-refractivity contribution in [2.75, 3.05) is 26.2 Å². The van der Waals surface area contributed by atoms with E-state index in [0.29, 0.717) is 17.9 Å². The molecule has 0 fully saturated rings. The van der Waals surface area contributed by atoms with Crippen LogP contribution in [-0.2, 0) is 16.4 Å². The molecule has 0 unspecified atom stereocenters. The molecular weight excluding hydrogens is 388 g/mol. The molecule has 0 bridgehead atoms. The summed E-state index contributed by atoms with van der Waals surface area (Å²) in [6.07, 6.45) is 5.32. The topological polar surface area (TPSA) is 49.4 Å². The number of nitrogens with zero attached hydrogens (tertiary/aromatic N) is 1. The van der Waals surface area contributed by atoms with Gasteiger partial charge in [-0.25, -0.2) is 13.1 Å². The smallest absolute Gasteiger partial charge is 0.240 e. The van der Waals surface area contributed by atoms with Gasteiger partial charge in [-0.15, -0.1) is 0 Å². The van der Waals surface area contributed by atoms with E-state index >= 15 is 0 Å². The molecule has 0 atom stereocenters. The quantitative estimate of drug-likeness (QED) is 0.553.